The molecule has 0 spiro atoms. The lowest BCUT2D eigenvalue weighted by atomic mass is 10.0. The van der Waals surface area contributed by atoms with E-state index in [9.17, 15) is 22.4 Å². The average molecular weight is 506 g/mol. The van der Waals surface area contributed by atoms with Crippen molar-refractivity contribution in [3.8, 4) is 5.75 Å². The molecule has 2 aromatic rings. The molecular formula is C24H28FN3O6S. The lowest BCUT2D eigenvalue weighted by Crippen LogP contribution is -2.22. The third kappa shape index (κ3) is 5.40. The van der Waals surface area contributed by atoms with Crippen LogP contribution in [0.15, 0.2) is 35.2 Å². The van der Waals surface area contributed by atoms with E-state index in [0.717, 1.165) is 30.2 Å². The summed E-state index contributed by atoms with van der Waals surface area (Å²) in [5.41, 5.74) is 0.608. The Morgan fingerprint density at radius 1 is 1.20 bits per heavy atom. The number of carbonyl (C=O) groups is 2. The molecule has 0 radical (unpaired) electrons. The third-order valence-corrected chi connectivity index (χ3v) is 7.52. The number of esters is 1. The summed E-state index contributed by atoms with van der Waals surface area (Å²) in [5.74, 6) is -0.899. The molecule has 0 bridgehead atoms. The summed E-state index contributed by atoms with van der Waals surface area (Å²) >= 11 is 0. The van der Waals surface area contributed by atoms with Crippen LogP contribution in [0.2, 0.25) is 0 Å². The molecule has 1 saturated carbocycles. The number of fused-ring (bicyclic) bond motifs is 3. The van der Waals surface area contributed by atoms with Gasteiger partial charge in [0.15, 0.2) is 0 Å². The van der Waals surface area contributed by atoms with Gasteiger partial charge in [-0.25, -0.2) is 17.6 Å². The summed E-state index contributed by atoms with van der Waals surface area (Å²) in [7, 11) is 0.610. The monoisotopic (exact) mass is 505 g/mol. The summed E-state index contributed by atoms with van der Waals surface area (Å²) in [4.78, 5) is 26.6. The number of ether oxygens (including phenoxy) is 2. The number of sulfonamides is 1. The topological polar surface area (TPSA) is 114 Å². The molecule has 2 N–H and O–H groups in total. The zero-order valence-electron chi connectivity index (χ0n) is 19.8. The number of anilines is 2. The molecule has 4 rings (SSSR count). The summed E-state index contributed by atoms with van der Waals surface area (Å²) in [6.45, 7) is 1.11. The van der Waals surface area contributed by atoms with Crippen molar-refractivity contribution in [2.45, 2.75) is 30.1 Å². The summed E-state index contributed by atoms with van der Waals surface area (Å²) in [6, 6.07) is 6.23. The quantitative estimate of drug-likeness (QED) is 0.503. The van der Waals surface area contributed by atoms with E-state index in [1.165, 1.54) is 13.2 Å². The van der Waals surface area contributed by atoms with Gasteiger partial charge in [0.2, 0.25) is 5.91 Å². The fourth-order valence-electron chi connectivity index (χ4n) is 4.24. The van der Waals surface area contributed by atoms with E-state index in [4.69, 9.17) is 9.47 Å². The van der Waals surface area contributed by atoms with Crippen LogP contribution in [0.4, 0.5) is 15.8 Å². The van der Waals surface area contributed by atoms with Crippen molar-refractivity contribution in [2.24, 2.45) is 5.92 Å². The van der Waals surface area contributed by atoms with Gasteiger partial charge in [-0.15, -0.1) is 0 Å². The maximum absolute atomic E-state index is 14.0. The standard InChI is InChI=1S/C24H28FN3O6S/c1-28(2)10-4-5-21(29)26-19-12-15(25)6-9-20(19)35(31,32)27-18-8-7-16-17-11-14(17)13-34-23(16)22(18)24(30)33-3/h6-9,12,14,17,27H,4-5,10-11,13H2,1-3H3,(H,26,29)/t14?,17-/m0/s1. The summed E-state index contributed by atoms with van der Waals surface area (Å²) < 4.78 is 53.7. The molecule has 1 aliphatic heterocycles. The van der Waals surface area contributed by atoms with Crippen LogP contribution in [-0.4, -0.2) is 59.6 Å². The van der Waals surface area contributed by atoms with E-state index in [-0.39, 0.29) is 34.2 Å². The van der Waals surface area contributed by atoms with Crippen molar-refractivity contribution >= 4 is 33.3 Å². The smallest absolute Gasteiger partial charge is 0.343 e. The Bertz CT molecular complexity index is 1260. The first-order valence-electron chi connectivity index (χ1n) is 11.3. The van der Waals surface area contributed by atoms with Crippen molar-refractivity contribution in [1.29, 1.82) is 0 Å². The van der Waals surface area contributed by atoms with Gasteiger partial charge >= 0.3 is 5.97 Å². The van der Waals surface area contributed by atoms with Gasteiger partial charge in [0, 0.05) is 12.3 Å². The van der Waals surface area contributed by atoms with Crippen molar-refractivity contribution in [3.63, 3.8) is 0 Å². The molecule has 0 saturated heterocycles. The highest BCUT2D eigenvalue weighted by atomic mass is 32.2. The second kappa shape index (κ2) is 9.82. The molecule has 9 nitrogen and oxygen atoms in total. The Morgan fingerprint density at radius 3 is 2.69 bits per heavy atom. The number of methoxy groups -OCH3 is 1. The highest BCUT2D eigenvalue weighted by molar-refractivity contribution is 7.92. The Balaban J connectivity index is 1.64. The van der Waals surface area contributed by atoms with Crippen molar-refractivity contribution in [2.75, 3.05) is 44.4 Å². The lowest BCUT2D eigenvalue weighted by Gasteiger charge is -2.22. The Hall–Kier alpha value is -3.18. The van der Waals surface area contributed by atoms with Gasteiger partial charge in [-0.2, -0.15) is 0 Å². The van der Waals surface area contributed by atoms with Gasteiger partial charge in [-0.1, -0.05) is 6.07 Å². The van der Waals surface area contributed by atoms with Crippen LogP contribution in [0.5, 0.6) is 5.75 Å². The minimum absolute atomic E-state index is 0.0182. The SMILES string of the molecule is COC(=O)c1c(NS(=O)(=O)c2ccc(F)cc2NC(=O)CCCN(C)C)ccc2c1OCC1C[C@H]21. The first kappa shape index (κ1) is 24.9. The van der Waals surface area contributed by atoms with Crippen molar-refractivity contribution in [1.82, 2.24) is 4.90 Å². The average Bonchev–Trinajstić information content (AvgIpc) is 3.58. The molecule has 1 heterocycles. The zero-order chi connectivity index (χ0) is 25.3. The molecule has 2 aromatic carbocycles. The van der Waals surface area contributed by atoms with Crippen LogP contribution in [0, 0.1) is 11.7 Å². The molecular weight excluding hydrogens is 477 g/mol. The maximum atomic E-state index is 14.0. The Labute approximate surface area is 203 Å². The summed E-state index contributed by atoms with van der Waals surface area (Å²) in [5, 5.41) is 2.49. The molecule has 1 aliphatic carbocycles. The molecule has 188 valence electrons. The maximum Gasteiger partial charge on any atom is 0.343 e. The lowest BCUT2D eigenvalue weighted by molar-refractivity contribution is -0.116. The second-order valence-corrected chi connectivity index (χ2v) is 10.7. The normalized spacial score (nSPS) is 18.2. The highest BCUT2D eigenvalue weighted by Gasteiger charge is 2.45. The van der Waals surface area contributed by atoms with Gasteiger partial charge in [-0.05, 0) is 69.2 Å². The van der Waals surface area contributed by atoms with Gasteiger partial charge in [0.25, 0.3) is 10.0 Å². The molecule has 35 heavy (non-hydrogen) atoms. The van der Waals surface area contributed by atoms with Gasteiger partial charge in [0.1, 0.15) is 22.0 Å². The molecule has 0 aromatic heterocycles. The predicted molar refractivity (Wildman–Crippen MR) is 128 cm³/mol. The fraction of sp³-hybridized carbons (Fsp3) is 0.417. The fourth-order valence-corrected chi connectivity index (χ4v) is 5.46. The van der Waals surface area contributed by atoms with Gasteiger partial charge in [0.05, 0.1) is 25.1 Å². The van der Waals surface area contributed by atoms with E-state index in [2.05, 4.69) is 10.0 Å². The van der Waals surface area contributed by atoms with Crippen molar-refractivity contribution < 1.29 is 31.9 Å². The third-order valence-electron chi connectivity index (χ3n) is 6.10. The van der Waals surface area contributed by atoms with E-state index in [1.54, 1.807) is 6.07 Å². The molecule has 2 aliphatic rings. The number of nitrogens with zero attached hydrogens (tertiary/aromatic N) is 1. The zero-order valence-corrected chi connectivity index (χ0v) is 20.6. The van der Waals surface area contributed by atoms with Gasteiger partial charge in [-0.3, -0.25) is 9.52 Å². The van der Waals surface area contributed by atoms with E-state index >= 15 is 0 Å². The van der Waals surface area contributed by atoms with Crippen LogP contribution < -0.4 is 14.8 Å². The van der Waals surface area contributed by atoms with Crippen LogP contribution in [0.25, 0.3) is 0 Å². The van der Waals surface area contributed by atoms with Crippen LogP contribution in [-0.2, 0) is 19.6 Å². The highest BCUT2D eigenvalue weighted by Crippen LogP contribution is 2.55. The number of nitrogens with one attached hydrogen (secondary N) is 2. The minimum Gasteiger partial charge on any atom is -0.492 e. The largest absolute Gasteiger partial charge is 0.492 e. The summed E-state index contributed by atoms with van der Waals surface area (Å²) in [6.07, 6.45) is 1.64. The first-order valence-corrected chi connectivity index (χ1v) is 12.7. The number of rotatable bonds is 9. The van der Waals surface area contributed by atoms with E-state index < -0.39 is 27.7 Å². The number of amides is 1. The van der Waals surface area contributed by atoms with Crippen molar-refractivity contribution in [3.05, 3.63) is 47.3 Å². The van der Waals surface area contributed by atoms with Crippen LogP contribution >= 0.6 is 0 Å². The van der Waals surface area contributed by atoms with Gasteiger partial charge < -0.3 is 19.7 Å². The van der Waals surface area contributed by atoms with E-state index in [0.29, 0.717) is 31.2 Å². The van der Waals surface area contributed by atoms with Crippen LogP contribution in [0.3, 0.4) is 0 Å². The molecule has 11 heteroatoms. The molecule has 1 unspecified atom stereocenters. The predicted octanol–water partition coefficient (Wildman–Crippen LogP) is 3.19. The number of hydrogen-bond donors (Lipinski definition) is 2. The molecule has 1 fully saturated rings. The molecule has 1 amide bonds. The number of hydrogen-bond acceptors (Lipinski definition) is 7. The van der Waals surface area contributed by atoms with Crippen LogP contribution in [0.1, 0.15) is 41.1 Å². The second-order valence-electron chi connectivity index (χ2n) is 9.01. The molecule has 2 atom stereocenters. The number of benzene rings is 2. The Kier molecular flexibility index (Phi) is 7.00. The first-order chi connectivity index (χ1) is 16.6. The number of halogens is 1. The number of carbonyl (C=O) groups excluding carboxylic acids is 2. The van der Waals surface area contributed by atoms with E-state index in [1.807, 2.05) is 19.0 Å². The minimum atomic E-state index is -4.34. The Morgan fingerprint density at radius 2 is 1.97 bits per heavy atom.